The van der Waals surface area contributed by atoms with Gasteiger partial charge < -0.3 is 23.4 Å². The smallest absolute Gasteiger partial charge is 0.347 e. The second-order valence-corrected chi connectivity index (χ2v) is 6.50. The molecule has 0 aliphatic heterocycles. The molecule has 1 atom stereocenters. The topological polar surface area (TPSA) is 84.2 Å². The summed E-state index contributed by atoms with van der Waals surface area (Å²) in [5.41, 5.74) is -0.0124. The SMILES string of the molecule is CCCOC(=O)[C@H](C)Oc1ccc2c(=O)c(Oc3ccccc3OCC)coc2c1. The molecule has 0 bridgehead atoms. The van der Waals surface area contributed by atoms with Crippen molar-refractivity contribution < 1.29 is 28.2 Å². The molecule has 0 radical (unpaired) electrons. The van der Waals surface area contributed by atoms with Crippen molar-refractivity contribution in [1.29, 1.82) is 0 Å². The fourth-order valence-electron chi connectivity index (χ4n) is 2.73. The Labute approximate surface area is 174 Å². The average Bonchev–Trinajstić information content (AvgIpc) is 2.75. The average molecular weight is 412 g/mol. The molecule has 0 fully saturated rings. The molecule has 7 nitrogen and oxygen atoms in total. The number of fused-ring (bicyclic) bond motifs is 1. The Hall–Kier alpha value is -3.48. The van der Waals surface area contributed by atoms with E-state index in [1.54, 1.807) is 43.3 Å². The van der Waals surface area contributed by atoms with Gasteiger partial charge in [0.1, 0.15) is 17.6 Å². The zero-order chi connectivity index (χ0) is 21.5. The molecule has 1 heterocycles. The Morgan fingerprint density at radius 2 is 1.83 bits per heavy atom. The minimum Gasteiger partial charge on any atom is -0.490 e. The molecule has 7 heteroatoms. The van der Waals surface area contributed by atoms with Crippen LogP contribution in [0.15, 0.2) is 57.9 Å². The van der Waals surface area contributed by atoms with Crippen LogP contribution in [0, 0.1) is 0 Å². The quantitative estimate of drug-likeness (QED) is 0.471. The minimum atomic E-state index is -0.779. The lowest BCUT2D eigenvalue weighted by Gasteiger charge is -2.14. The number of para-hydroxylation sites is 2. The number of hydrogen-bond acceptors (Lipinski definition) is 7. The van der Waals surface area contributed by atoms with Crippen LogP contribution in [0.1, 0.15) is 27.2 Å². The van der Waals surface area contributed by atoms with E-state index < -0.39 is 12.1 Å². The normalized spacial score (nSPS) is 11.7. The summed E-state index contributed by atoms with van der Waals surface area (Å²) >= 11 is 0. The third-order valence-electron chi connectivity index (χ3n) is 4.18. The van der Waals surface area contributed by atoms with Crippen molar-refractivity contribution in [2.24, 2.45) is 0 Å². The number of hydrogen-bond donors (Lipinski definition) is 0. The van der Waals surface area contributed by atoms with Crippen molar-refractivity contribution in [2.75, 3.05) is 13.2 Å². The van der Waals surface area contributed by atoms with Crippen LogP contribution in [0.3, 0.4) is 0 Å². The number of esters is 1. The second-order valence-electron chi connectivity index (χ2n) is 6.50. The lowest BCUT2D eigenvalue weighted by atomic mass is 10.2. The first-order valence-corrected chi connectivity index (χ1v) is 9.82. The summed E-state index contributed by atoms with van der Waals surface area (Å²) in [7, 11) is 0. The van der Waals surface area contributed by atoms with Gasteiger partial charge in [-0.3, -0.25) is 4.79 Å². The van der Waals surface area contributed by atoms with Crippen LogP contribution in [-0.4, -0.2) is 25.3 Å². The van der Waals surface area contributed by atoms with E-state index in [-0.39, 0.29) is 11.2 Å². The van der Waals surface area contributed by atoms with Crippen LogP contribution in [0.2, 0.25) is 0 Å². The molecule has 0 amide bonds. The highest BCUT2D eigenvalue weighted by Crippen LogP contribution is 2.31. The molecule has 30 heavy (non-hydrogen) atoms. The van der Waals surface area contributed by atoms with Crippen LogP contribution in [-0.2, 0) is 9.53 Å². The largest absolute Gasteiger partial charge is 0.490 e. The van der Waals surface area contributed by atoms with Gasteiger partial charge in [-0.05, 0) is 44.5 Å². The minimum absolute atomic E-state index is 0.0415. The molecule has 3 rings (SSSR count). The lowest BCUT2D eigenvalue weighted by molar-refractivity contribution is -0.151. The van der Waals surface area contributed by atoms with Gasteiger partial charge in [-0.15, -0.1) is 0 Å². The highest BCUT2D eigenvalue weighted by atomic mass is 16.6. The fraction of sp³-hybridized carbons (Fsp3) is 0.304. The second kappa shape index (κ2) is 9.82. The van der Waals surface area contributed by atoms with Crippen molar-refractivity contribution in [3.63, 3.8) is 0 Å². The molecule has 0 aliphatic carbocycles. The molecule has 3 aromatic rings. The summed E-state index contributed by atoms with van der Waals surface area (Å²) < 4.78 is 27.5. The maximum absolute atomic E-state index is 12.8. The summed E-state index contributed by atoms with van der Waals surface area (Å²) in [6.07, 6.45) is 1.20. The molecule has 0 saturated carbocycles. The highest BCUT2D eigenvalue weighted by molar-refractivity contribution is 5.79. The number of carbonyl (C=O) groups excluding carboxylic acids is 1. The van der Waals surface area contributed by atoms with Gasteiger partial charge in [0.15, 0.2) is 17.6 Å². The molecular weight excluding hydrogens is 388 g/mol. The molecule has 158 valence electrons. The molecule has 0 N–H and O–H groups in total. The van der Waals surface area contributed by atoms with Gasteiger partial charge >= 0.3 is 5.97 Å². The van der Waals surface area contributed by atoms with Crippen molar-refractivity contribution in [2.45, 2.75) is 33.3 Å². The van der Waals surface area contributed by atoms with E-state index in [0.717, 1.165) is 6.42 Å². The van der Waals surface area contributed by atoms with Crippen molar-refractivity contribution in [3.8, 4) is 23.0 Å². The maximum Gasteiger partial charge on any atom is 0.347 e. The molecule has 0 aliphatic rings. The molecule has 0 spiro atoms. The molecule has 1 aromatic heterocycles. The molecule has 2 aromatic carbocycles. The van der Waals surface area contributed by atoms with E-state index in [0.29, 0.717) is 41.4 Å². The van der Waals surface area contributed by atoms with E-state index in [1.807, 2.05) is 19.9 Å². The Morgan fingerprint density at radius 3 is 2.57 bits per heavy atom. The van der Waals surface area contributed by atoms with Gasteiger partial charge in [0, 0.05) is 6.07 Å². The van der Waals surface area contributed by atoms with E-state index in [9.17, 15) is 9.59 Å². The summed E-state index contributed by atoms with van der Waals surface area (Å²) in [4.78, 5) is 24.7. The molecular formula is C23H24O7. The lowest BCUT2D eigenvalue weighted by Crippen LogP contribution is -2.26. The first-order chi connectivity index (χ1) is 14.5. The van der Waals surface area contributed by atoms with E-state index >= 15 is 0 Å². The predicted octanol–water partition coefficient (Wildman–Crippen LogP) is 4.70. The van der Waals surface area contributed by atoms with Crippen LogP contribution >= 0.6 is 0 Å². The fourth-order valence-corrected chi connectivity index (χ4v) is 2.73. The number of rotatable bonds is 9. The Balaban J connectivity index is 1.81. The third-order valence-corrected chi connectivity index (χ3v) is 4.18. The van der Waals surface area contributed by atoms with E-state index in [2.05, 4.69) is 0 Å². The maximum atomic E-state index is 12.8. The number of ether oxygens (including phenoxy) is 4. The summed E-state index contributed by atoms with van der Waals surface area (Å²) in [6.45, 7) is 6.20. The van der Waals surface area contributed by atoms with Gasteiger partial charge in [-0.1, -0.05) is 19.1 Å². The van der Waals surface area contributed by atoms with E-state index in [4.69, 9.17) is 23.4 Å². The van der Waals surface area contributed by atoms with Gasteiger partial charge in [-0.2, -0.15) is 0 Å². The molecule has 0 saturated heterocycles. The van der Waals surface area contributed by atoms with Gasteiger partial charge in [0.25, 0.3) is 0 Å². The number of benzene rings is 2. The van der Waals surface area contributed by atoms with Gasteiger partial charge in [0.05, 0.1) is 18.6 Å². The number of carbonyl (C=O) groups is 1. The highest BCUT2D eigenvalue weighted by Gasteiger charge is 2.17. The van der Waals surface area contributed by atoms with Crippen LogP contribution in [0.25, 0.3) is 11.0 Å². The first-order valence-electron chi connectivity index (χ1n) is 9.82. The van der Waals surface area contributed by atoms with Crippen LogP contribution in [0.5, 0.6) is 23.0 Å². The summed E-state index contributed by atoms with van der Waals surface area (Å²) in [5.74, 6) is 0.939. The standard InChI is InChI=1S/C23H24O7/c1-4-12-27-23(25)15(3)29-16-10-11-17-20(13-16)28-14-21(22(17)24)30-19-9-7-6-8-18(19)26-5-2/h6-11,13-15H,4-5,12H2,1-3H3/t15-/m0/s1. The van der Waals surface area contributed by atoms with Crippen molar-refractivity contribution >= 4 is 16.9 Å². The van der Waals surface area contributed by atoms with Crippen molar-refractivity contribution in [1.82, 2.24) is 0 Å². The Kier molecular flexibility index (Phi) is 6.95. The van der Waals surface area contributed by atoms with E-state index in [1.165, 1.54) is 6.26 Å². The summed E-state index contributed by atoms with van der Waals surface area (Å²) in [6, 6.07) is 11.8. The van der Waals surface area contributed by atoms with Crippen LogP contribution < -0.4 is 19.6 Å². The van der Waals surface area contributed by atoms with Gasteiger partial charge in [-0.25, -0.2) is 4.79 Å². The zero-order valence-corrected chi connectivity index (χ0v) is 17.2. The van der Waals surface area contributed by atoms with Gasteiger partial charge in [0.2, 0.25) is 11.2 Å². The Morgan fingerprint density at radius 1 is 1.07 bits per heavy atom. The predicted molar refractivity (Wildman–Crippen MR) is 112 cm³/mol. The first kappa shape index (κ1) is 21.2. The zero-order valence-electron chi connectivity index (χ0n) is 17.2. The third kappa shape index (κ3) is 4.92. The summed E-state index contributed by atoms with van der Waals surface area (Å²) in [5, 5.41) is 0.329. The monoisotopic (exact) mass is 412 g/mol. The Bertz CT molecular complexity index is 1070. The van der Waals surface area contributed by atoms with Crippen LogP contribution in [0.4, 0.5) is 0 Å². The van der Waals surface area contributed by atoms with Crippen molar-refractivity contribution in [3.05, 3.63) is 59.0 Å². The molecule has 0 unspecified atom stereocenters.